The predicted octanol–water partition coefficient (Wildman–Crippen LogP) is 5.05. The van der Waals surface area contributed by atoms with Gasteiger partial charge in [0.1, 0.15) is 11.5 Å². The molecular formula is C22H24N4O4S3. The van der Waals surface area contributed by atoms with Gasteiger partial charge in [-0.3, -0.25) is 24.7 Å². The molecule has 33 heavy (non-hydrogen) atoms. The second kappa shape index (κ2) is 11.4. The molecule has 0 radical (unpaired) electrons. The second-order valence-electron chi connectivity index (χ2n) is 7.40. The Bertz CT molecular complexity index is 1180. The third kappa shape index (κ3) is 5.76. The number of non-ortho nitro benzene ring substituents is 1. The highest BCUT2D eigenvalue weighted by molar-refractivity contribution is 7.99. The van der Waals surface area contributed by atoms with E-state index in [2.05, 4.69) is 9.83 Å². The number of nitrogens with one attached hydrogen (secondary N) is 1. The van der Waals surface area contributed by atoms with Crippen LogP contribution in [0.4, 0.5) is 5.69 Å². The highest BCUT2D eigenvalue weighted by atomic mass is 32.2. The van der Waals surface area contributed by atoms with Crippen molar-refractivity contribution < 1.29 is 14.5 Å². The molecule has 4 rings (SSSR count). The van der Waals surface area contributed by atoms with E-state index in [1.54, 1.807) is 28.8 Å². The topological polar surface area (TPSA) is 92.8 Å². The van der Waals surface area contributed by atoms with Crippen LogP contribution >= 0.6 is 38.8 Å². The number of carbonyl (C=O) groups excluding carboxylic acids is 1. The Hall–Kier alpha value is -2.81. The van der Waals surface area contributed by atoms with Crippen molar-refractivity contribution >= 4 is 61.3 Å². The van der Waals surface area contributed by atoms with Gasteiger partial charge in [0.2, 0.25) is 5.91 Å². The van der Waals surface area contributed by atoms with Crippen molar-refractivity contribution in [2.75, 3.05) is 11.6 Å². The van der Waals surface area contributed by atoms with Crippen LogP contribution in [0.25, 0.3) is 15.7 Å². The molecule has 11 heteroatoms. The van der Waals surface area contributed by atoms with E-state index in [0.29, 0.717) is 29.5 Å². The van der Waals surface area contributed by atoms with Gasteiger partial charge in [-0.2, -0.15) is 27.0 Å². The van der Waals surface area contributed by atoms with Crippen molar-refractivity contribution in [2.24, 2.45) is 5.92 Å². The molecule has 1 aromatic heterocycles. The van der Waals surface area contributed by atoms with Crippen LogP contribution in [0.2, 0.25) is 0 Å². The maximum absolute atomic E-state index is 12.8. The molecule has 1 amide bonds. The van der Waals surface area contributed by atoms with Gasteiger partial charge in [0, 0.05) is 35.2 Å². The first-order chi connectivity index (χ1) is 15.0. The van der Waals surface area contributed by atoms with Gasteiger partial charge in [0.15, 0.2) is 0 Å². The molecule has 1 aliphatic rings. The third-order valence-electron chi connectivity index (χ3n) is 5.26. The van der Waals surface area contributed by atoms with Crippen LogP contribution in [0.1, 0.15) is 12.5 Å². The molecule has 8 nitrogen and oxygen atoms in total. The zero-order valence-corrected chi connectivity index (χ0v) is 20.6. The summed E-state index contributed by atoms with van der Waals surface area (Å²) >= 11 is 1.61. The maximum Gasteiger partial charge on any atom is 0.310 e. The molecule has 2 heterocycles. The van der Waals surface area contributed by atoms with Gasteiger partial charge < -0.3 is 9.72 Å². The van der Waals surface area contributed by atoms with Crippen LogP contribution in [0, 0.1) is 22.6 Å². The molecular weight excluding hydrogens is 480 g/mol. The van der Waals surface area contributed by atoms with Crippen molar-refractivity contribution in [3.8, 4) is 11.5 Å². The fourth-order valence-electron chi connectivity index (χ4n) is 3.61. The lowest BCUT2D eigenvalue weighted by atomic mass is 9.99. The van der Waals surface area contributed by atoms with Crippen molar-refractivity contribution in [2.45, 2.75) is 19.5 Å². The fraction of sp³-hybridized carbons (Fsp3) is 0.273. The molecule has 1 N–H and O–H groups in total. The lowest BCUT2D eigenvalue weighted by Crippen LogP contribution is -2.38. The number of carbonyl (C=O) groups is 1. The van der Waals surface area contributed by atoms with E-state index in [1.165, 1.54) is 12.1 Å². The Morgan fingerprint density at radius 2 is 2.00 bits per heavy atom. The minimum atomic E-state index is -0.453. The van der Waals surface area contributed by atoms with Crippen molar-refractivity contribution in [1.82, 2.24) is 9.88 Å². The Morgan fingerprint density at radius 1 is 1.30 bits per heavy atom. The molecule has 1 aliphatic heterocycles. The minimum Gasteiger partial charge on any atom is -0.457 e. The summed E-state index contributed by atoms with van der Waals surface area (Å²) in [5.41, 5.74) is 1.93. The zero-order chi connectivity index (χ0) is 22.0. The highest BCUT2D eigenvalue weighted by Crippen LogP contribution is 2.30. The van der Waals surface area contributed by atoms with E-state index < -0.39 is 4.92 Å². The molecule has 1 saturated heterocycles. The van der Waals surface area contributed by atoms with E-state index in [9.17, 15) is 14.9 Å². The lowest BCUT2D eigenvalue weighted by molar-refractivity contribution is -0.384. The monoisotopic (exact) mass is 504 g/mol. The number of fused-ring (bicyclic) bond motifs is 1. The Balaban J connectivity index is 0.00000193. The van der Waals surface area contributed by atoms with Gasteiger partial charge in [0.25, 0.3) is 5.69 Å². The summed E-state index contributed by atoms with van der Waals surface area (Å²) in [4.78, 5) is 31.6. The number of ether oxygens (including phenoxy) is 1. The summed E-state index contributed by atoms with van der Waals surface area (Å²) in [7, 11) is 0. The molecule has 2 atom stereocenters. The Labute approximate surface area is 209 Å². The molecule has 0 bridgehead atoms. The Morgan fingerprint density at radius 3 is 2.67 bits per heavy atom. The summed E-state index contributed by atoms with van der Waals surface area (Å²) < 4.78 is 5.86. The number of thioether (sulfide) groups is 1. The largest absolute Gasteiger partial charge is 0.457 e. The molecule has 0 unspecified atom stereocenters. The first kappa shape index (κ1) is 26.4. The van der Waals surface area contributed by atoms with E-state index >= 15 is 0 Å². The van der Waals surface area contributed by atoms with E-state index in [1.807, 2.05) is 31.3 Å². The van der Waals surface area contributed by atoms with Gasteiger partial charge in [0.05, 0.1) is 16.6 Å². The van der Waals surface area contributed by atoms with E-state index in [0.717, 1.165) is 16.5 Å². The molecule has 3 aromatic rings. The van der Waals surface area contributed by atoms with Crippen molar-refractivity contribution in [3.05, 3.63) is 75.8 Å². The summed E-state index contributed by atoms with van der Waals surface area (Å²) in [6, 6.07) is 11.5. The fourth-order valence-corrected chi connectivity index (χ4v) is 4.68. The van der Waals surface area contributed by atoms with Crippen LogP contribution in [-0.2, 0) is 11.2 Å². The number of rotatable bonds is 6. The number of hydrogen-bond donors (Lipinski definition) is 1. The predicted molar refractivity (Wildman–Crippen MR) is 140 cm³/mol. The molecule has 0 aliphatic carbocycles. The molecule has 174 valence electrons. The molecule has 0 spiro atoms. The summed E-state index contributed by atoms with van der Waals surface area (Å²) in [5, 5.41) is 11.8. The quantitative estimate of drug-likeness (QED) is 0.288. The van der Waals surface area contributed by atoms with Crippen LogP contribution in [0.3, 0.4) is 0 Å². The molecule has 0 saturated carbocycles. The van der Waals surface area contributed by atoms with Crippen LogP contribution in [0.15, 0.2) is 48.7 Å². The number of amides is 1. The number of benzene rings is 2. The van der Waals surface area contributed by atoms with Gasteiger partial charge in [-0.1, -0.05) is 6.92 Å². The number of aromatic amines is 1. The Kier molecular flexibility index (Phi) is 9.10. The highest BCUT2D eigenvalue weighted by Gasteiger charge is 2.35. The van der Waals surface area contributed by atoms with Crippen molar-refractivity contribution in [1.29, 1.82) is 0 Å². The minimum absolute atomic E-state index is 0. The standard InChI is InChI=1S/C22H20N4O4S.2H2S/c1-14(22(27)25-13-31-12-21(25)23-2)9-15-11-24-20-8-7-18(10-19(15)20)30-17-5-3-16(4-6-17)26(28)29;;/h3-8,10-11,14,21,24H,9,12-13H2,1H3;2*1H2/t14-,21+;;/m0../s1. The summed E-state index contributed by atoms with van der Waals surface area (Å²) in [6.07, 6.45) is 2.07. The first-order valence-electron chi connectivity index (χ1n) is 9.73. The van der Waals surface area contributed by atoms with Gasteiger partial charge in [-0.25, -0.2) is 6.57 Å². The number of nitro groups is 1. The number of nitrogens with zero attached hydrogens (tertiary/aromatic N) is 3. The first-order valence-corrected chi connectivity index (χ1v) is 10.9. The maximum atomic E-state index is 12.8. The second-order valence-corrected chi connectivity index (χ2v) is 8.40. The molecule has 2 aromatic carbocycles. The van der Waals surface area contributed by atoms with Crippen LogP contribution in [-0.4, -0.2) is 38.5 Å². The number of nitro benzene ring substituents is 1. The average molecular weight is 505 g/mol. The van der Waals surface area contributed by atoms with Gasteiger partial charge in [-0.15, -0.1) is 11.8 Å². The third-order valence-corrected chi connectivity index (χ3v) is 6.25. The van der Waals surface area contributed by atoms with Crippen molar-refractivity contribution in [3.63, 3.8) is 0 Å². The van der Waals surface area contributed by atoms with Gasteiger partial charge in [-0.05, 0) is 42.3 Å². The number of H-pyrrole nitrogens is 1. The smallest absolute Gasteiger partial charge is 0.310 e. The van der Waals surface area contributed by atoms with Crippen LogP contribution in [0.5, 0.6) is 11.5 Å². The SMILES string of the molecule is S.S.[C-]#[N+][C@H]1CSCN1C(=O)[C@@H](C)Cc1c[nH]c2ccc(Oc3ccc([N+](=O)[O-])cc3)cc12. The summed E-state index contributed by atoms with van der Waals surface area (Å²) in [6.45, 7) is 9.17. The number of hydrogen-bond acceptors (Lipinski definition) is 5. The molecule has 1 fully saturated rings. The average Bonchev–Trinajstić information content (AvgIpc) is 3.40. The van der Waals surface area contributed by atoms with Crippen LogP contribution < -0.4 is 4.74 Å². The lowest BCUT2D eigenvalue weighted by Gasteiger charge is -2.20. The number of aromatic nitrogens is 1. The van der Waals surface area contributed by atoms with Gasteiger partial charge >= 0.3 is 6.17 Å². The zero-order valence-electron chi connectivity index (χ0n) is 17.8. The normalized spacial score (nSPS) is 15.8. The van der Waals surface area contributed by atoms with E-state index in [4.69, 9.17) is 11.3 Å². The van der Waals surface area contributed by atoms with E-state index in [-0.39, 0.29) is 50.7 Å². The summed E-state index contributed by atoms with van der Waals surface area (Å²) in [5.74, 6) is 2.09.